The molecule has 1 heterocycles. The topological polar surface area (TPSA) is 47.0 Å². The lowest BCUT2D eigenvalue weighted by molar-refractivity contribution is 0.462. The zero-order valence-corrected chi connectivity index (χ0v) is 11.2. The summed E-state index contributed by atoms with van der Waals surface area (Å²) in [6, 6.07) is 6.95. The highest BCUT2D eigenvalue weighted by molar-refractivity contribution is 6.31. The number of hydrogen-bond acceptors (Lipinski definition) is 4. The normalized spacial score (nSPS) is 10.2. The zero-order chi connectivity index (χ0) is 13.0. The van der Waals surface area contributed by atoms with Crippen LogP contribution in [-0.2, 0) is 0 Å². The first-order valence-corrected chi connectivity index (χ1v) is 6.14. The molecule has 6 heteroatoms. The number of halogens is 2. The Kier molecular flexibility index (Phi) is 4.23. The third-order valence-electron chi connectivity index (χ3n) is 2.07. The maximum atomic E-state index is 5.97. The molecule has 2 aromatic rings. The van der Waals surface area contributed by atoms with Gasteiger partial charge >= 0.3 is 0 Å². The molecule has 0 radical (unpaired) electrons. The lowest BCUT2D eigenvalue weighted by Crippen LogP contribution is -2.02. The van der Waals surface area contributed by atoms with Crippen molar-refractivity contribution in [1.82, 2.24) is 9.97 Å². The first kappa shape index (κ1) is 12.9. The van der Waals surface area contributed by atoms with Gasteiger partial charge in [0.25, 0.3) is 0 Å². The van der Waals surface area contributed by atoms with Gasteiger partial charge < -0.3 is 10.1 Å². The van der Waals surface area contributed by atoms with Crippen molar-refractivity contribution < 1.29 is 4.74 Å². The first-order chi connectivity index (χ1) is 8.69. The SMILES string of the molecule is CCNc1ncc(Cl)c(Oc2ccc(Cl)cc2)n1. The largest absolute Gasteiger partial charge is 0.437 e. The van der Waals surface area contributed by atoms with Crippen molar-refractivity contribution in [2.45, 2.75) is 6.92 Å². The van der Waals surface area contributed by atoms with Crippen molar-refractivity contribution in [3.63, 3.8) is 0 Å². The quantitative estimate of drug-likeness (QED) is 0.921. The summed E-state index contributed by atoms with van der Waals surface area (Å²) in [5.41, 5.74) is 0. The Balaban J connectivity index is 2.22. The van der Waals surface area contributed by atoms with E-state index in [-0.39, 0.29) is 0 Å². The third kappa shape index (κ3) is 3.24. The van der Waals surface area contributed by atoms with Crippen LogP contribution in [0.15, 0.2) is 30.5 Å². The molecular weight excluding hydrogens is 273 g/mol. The van der Waals surface area contributed by atoms with Crippen LogP contribution in [0.25, 0.3) is 0 Å². The van der Waals surface area contributed by atoms with Crippen LogP contribution in [0.3, 0.4) is 0 Å². The van der Waals surface area contributed by atoms with Crippen LogP contribution in [0.1, 0.15) is 6.92 Å². The molecule has 0 unspecified atom stereocenters. The Bertz CT molecular complexity index is 531. The van der Waals surface area contributed by atoms with Gasteiger partial charge in [0.05, 0.1) is 6.20 Å². The number of hydrogen-bond donors (Lipinski definition) is 1. The van der Waals surface area contributed by atoms with Gasteiger partial charge in [-0.2, -0.15) is 4.98 Å². The number of nitrogens with zero attached hydrogens (tertiary/aromatic N) is 2. The van der Waals surface area contributed by atoms with Crippen LogP contribution in [0.4, 0.5) is 5.95 Å². The molecule has 0 aliphatic heterocycles. The summed E-state index contributed by atoms with van der Waals surface area (Å²) in [5, 5.41) is 3.98. The fourth-order valence-electron chi connectivity index (χ4n) is 1.28. The van der Waals surface area contributed by atoms with Crippen LogP contribution in [0, 0.1) is 0 Å². The van der Waals surface area contributed by atoms with Gasteiger partial charge in [-0.05, 0) is 31.2 Å². The standard InChI is InChI=1S/C12H11Cl2N3O/c1-2-15-12-16-7-10(14)11(17-12)18-9-5-3-8(13)4-6-9/h3-7H,2H2,1H3,(H,15,16,17). The summed E-state index contributed by atoms with van der Waals surface area (Å²) in [4.78, 5) is 8.20. The molecule has 0 atom stereocenters. The molecule has 0 aliphatic rings. The Morgan fingerprint density at radius 2 is 1.94 bits per heavy atom. The maximum Gasteiger partial charge on any atom is 0.243 e. The van der Waals surface area contributed by atoms with E-state index in [0.29, 0.717) is 27.6 Å². The second kappa shape index (κ2) is 5.89. The van der Waals surface area contributed by atoms with Crippen LogP contribution < -0.4 is 10.1 Å². The first-order valence-electron chi connectivity index (χ1n) is 5.39. The molecule has 2 rings (SSSR count). The van der Waals surface area contributed by atoms with Crippen molar-refractivity contribution >= 4 is 29.2 Å². The maximum absolute atomic E-state index is 5.97. The van der Waals surface area contributed by atoms with E-state index in [1.54, 1.807) is 24.3 Å². The van der Waals surface area contributed by atoms with Crippen molar-refractivity contribution in [3.8, 4) is 11.6 Å². The van der Waals surface area contributed by atoms with E-state index < -0.39 is 0 Å². The number of nitrogens with one attached hydrogen (secondary N) is 1. The van der Waals surface area contributed by atoms with Gasteiger partial charge in [-0.15, -0.1) is 0 Å². The minimum atomic E-state index is 0.310. The molecule has 0 saturated carbocycles. The van der Waals surface area contributed by atoms with Crippen molar-refractivity contribution in [2.75, 3.05) is 11.9 Å². The van der Waals surface area contributed by atoms with Gasteiger partial charge in [0.15, 0.2) is 0 Å². The lowest BCUT2D eigenvalue weighted by Gasteiger charge is -2.08. The summed E-state index contributed by atoms with van der Waals surface area (Å²) in [7, 11) is 0. The van der Waals surface area contributed by atoms with E-state index in [0.717, 1.165) is 6.54 Å². The van der Waals surface area contributed by atoms with E-state index in [2.05, 4.69) is 15.3 Å². The molecule has 0 spiro atoms. The molecule has 0 fully saturated rings. The summed E-state index contributed by atoms with van der Waals surface area (Å²) >= 11 is 11.8. The minimum absolute atomic E-state index is 0.310. The number of aromatic nitrogens is 2. The number of ether oxygens (including phenoxy) is 1. The van der Waals surface area contributed by atoms with Gasteiger partial charge in [0.1, 0.15) is 10.8 Å². The molecule has 4 nitrogen and oxygen atoms in total. The average Bonchev–Trinajstić information content (AvgIpc) is 2.36. The van der Waals surface area contributed by atoms with Crippen molar-refractivity contribution in [1.29, 1.82) is 0 Å². The van der Waals surface area contributed by atoms with E-state index in [1.807, 2.05) is 6.92 Å². The molecular formula is C12H11Cl2N3O. The number of benzene rings is 1. The van der Waals surface area contributed by atoms with E-state index in [1.165, 1.54) is 6.20 Å². The van der Waals surface area contributed by atoms with E-state index >= 15 is 0 Å². The van der Waals surface area contributed by atoms with Crippen LogP contribution in [0.2, 0.25) is 10.0 Å². The Labute approximate surface area is 115 Å². The number of rotatable bonds is 4. The molecule has 0 aliphatic carbocycles. The smallest absolute Gasteiger partial charge is 0.243 e. The monoisotopic (exact) mass is 283 g/mol. The van der Waals surface area contributed by atoms with Crippen molar-refractivity contribution in [2.24, 2.45) is 0 Å². The summed E-state index contributed by atoms with van der Waals surface area (Å²) in [5.74, 6) is 1.40. The second-order valence-corrected chi connectivity index (χ2v) is 4.28. The molecule has 1 aromatic carbocycles. The molecule has 0 bridgehead atoms. The molecule has 0 saturated heterocycles. The summed E-state index contributed by atoms with van der Waals surface area (Å²) < 4.78 is 5.57. The van der Waals surface area contributed by atoms with Crippen LogP contribution in [-0.4, -0.2) is 16.5 Å². The van der Waals surface area contributed by atoms with E-state index in [9.17, 15) is 0 Å². The molecule has 1 N–H and O–H groups in total. The Morgan fingerprint density at radius 3 is 2.61 bits per heavy atom. The molecule has 94 valence electrons. The fourth-order valence-corrected chi connectivity index (χ4v) is 1.54. The highest BCUT2D eigenvalue weighted by Crippen LogP contribution is 2.28. The molecule has 18 heavy (non-hydrogen) atoms. The van der Waals surface area contributed by atoms with Crippen LogP contribution >= 0.6 is 23.2 Å². The molecule has 1 aromatic heterocycles. The second-order valence-electron chi connectivity index (χ2n) is 3.43. The van der Waals surface area contributed by atoms with E-state index in [4.69, 9.17) is 27.9 Å². The average molecular weight is 284 g/mol. The van der Waals surface area contributed by atoms with Gasteiger partial charge in [0, 0.05) is 11.6 Å². The third-order valence-corrected chi connectivity index (χ3v) is 2.59. The highest BCUT2D eigenvalue weighted by atomic mass is 35.5. The predicted octanol–water partition coefficient (Wildman–Crippen LogP) is 4.01. The molecule has 0 amide bonds. The van der Waals surface area contributed by atoms with Gasteiger partial charge in [-0.3, -0.25) is 0 Å². The van der Waals surface area contributed by atoms with Gasteiger partial charge in [-0.25, -0.2) is 4.98 Å². The minimum Gasteiger partial charge on any atom is -0.437 e. The van der Waals surface area contributed by atoms with Crippen molar-refractivity contribution in [3.05, 3.63) is 40.5 Å². The number of anilines is 1. The van der Waals surface area contributed by atoms with Gasteiger partial charge in [0.2, 0.25) is 11.8 Å². The predicted molar refractivity (Wildman–Crippen MR) is 72.7 cm³/mol. The Morgan fingerprint density at radius 1 is 1.22 bits per heavy atom. The fraction of sp³-hybridized carbons (Fsp3) is 0.167. The summed E-state index contributed by atoms with van der Waals surface area (Å²) in [6.07, 6.45) is 1.50. The highest BCUT2D eigenvalue weighted by Gasteiger charge is 2.07. The lowest BCUT2D eigenvalue weighted by atomic mass is 10.3. The van der Waals surface area contributed by atoms with Crippen LogP contribution in [0.5, 0.6) is 11.6 Å². The Hall–Kier alpha value is -1.52. The zero-order valence-electron chi connectivity index (χ0n) is 9.65. The summed E-state index contributed by atoms with van der Waals surface area (Å²) in [6.45, 7) is 2.68. The van der Waals surface area contributed by atoms with Gasteiger partial charge in [-0.1, -0.05) is 23.2 Å².